The molecule has 0 aromatic heterocycles. The van der Waals surface area contributed by atoms with Gasteiger partial charge in [0.15, 0.2) is 0 Å². The number of benzene rings is 1. The van der Waals surface area contributed by atoms with Gasteiger partial charge in [-0.3, -0.25) is 9.59 Å². The number of carbonyl (C=O) groups is 2. The maximum absolute atomic E-state index is 12.7. The Labute approximate surface area is 142 Å². The van der Waals surface area contributed by atoms with E-state index >= 15 is 0 Å². The van der Waals surface area contributed by atoms with E-state index in [2.05, 4.69) is 0 Å². The Balaban J connectivity index is 1.59. The molecule has 1 unspecified atom stereocenters. The van der Waals surface area contributed by atoms with Gasteiger partial charge in [0.25, 0.3) is 11.8 Å². The molecular weight excluding hydrogens is 308 g/mol. The summed E-state index contributed by atoms with van der Waals surface area (Å²) in [4.78, 5) is 28.6. The molecule has 2 aliphatic rings. The van der Waals surface area contributed by atoms with Crippen LogP contribution in [0.2, 0.25) is 0 Å². The molecule has 2 heterocycles. The highest BCUT2D eigenvalue weighted by atomic mass is 16.5. The largest absolute Gasteiger partial charge is 0.496 e. The zero-order valence-electron chi connectivity index (χ0n) is 14.3. The average molecular weight is 332 g/mol. The second-order valence-electron chi connectivity index (χ2n) is 6.30. The summed E-state index contributed by atoms with van der Waals surface area (Å²) in [6.07, 6.45) is 1.47. The Bertz CT molecular complexity index is 617. The monoisotopic (exact) mass is 332 g/mol. The second kappa shape index (κ2) is 7.21. The van der Waals surface area contributed by atoms with Gasteiger partial charge in [0.05, 0.1) is 7.11 Å². The van der Waals surface area contributed by atoms with Crippen LogP contribution < -0.4 is 4.74 Å². The maximum Gasteiger partial charge on any atom is 0.254 e. The predicted octanol–water partition coefficient (Wildman–Crippen LogP) is 1.47. The van der Waals surface area contributed by atoms with Gasteiger partial charge in [0.2, 0.25) is 0 Å². The van der Waals surface area contributed by atoms with Gasteiger partial charge in [-0.15, -0.1) is 0 Å². The fourth-order valence-corrected chi connectivity index (χ4v) is 3.24. The fraction of sp³-hybridized carbons (Fsp3) is 0.556. The molecule has 2 aliphatic heterocycles. The van der Waals surface area contributed by atoms with Crippen LogP contribution in [0.3, 0.4) is 0 Å². The molecule has 0 bridgehead atoms. The highest BCUT2D eigenvalue weighted by Gasteiger charge is 2.31. The lowest BCUT2D eigenvalue weighted by atomic mass is 10.1. The van der Waals surface area contributed by atoms with Gasteiger partial charge in [-0.1, -0.05) is 6.07 Å². The summed E-state index contributed by atoms with van der Waals surface area (Å²) in [6, 6.07) is 5.49. The van der Waals surface area contributed by atoms with Crippen molar-refractivity contribution in [3.05, 3.63) is 29.3 Å². The van der Waals surface area contributed by atoms with E-state index in [1.54, 1.807) is 18.1 Å². The van der Waals surface area contributed by atoms with Crippen molar-refractivity contribution in [1.29, 1.82) is 0 Å². The summed E-state index contributed by atoms with van der Waals surface area (Å²) in [7, 11) is 1.60. The van der Waals surface area contributed by atoms with E-state index in [1.807, 2.05) is 24.0 Å². The van der Waals surface area contributed by atoms with Crippen LogP contribution in [0.4, 0.5) is 0 Å². The van der Waals surface area contributed by atoms with Crippen LogP contribution >= 0.6 is 0 Å². The van der Waals surface area contributed by atoms with Crippen molar-refractivity contribution in [2.24, 2.45) is 0 Å². The molecule has 0 spiro atoms. The van der Waals surface area contributed by atoms with Crippen molar-refractivity contribution in [3.63, 3.8) is 0 Å². The first-order chi connectivity index (χ1) is 11.6. The van der Waals surface area contributed by atoms with Crippen LogP contribution in [-0.4, -0.2) is 67.6 Å². The van der Waals surface area contributed by atoms with Gasteiger partial charge in [-0.2, -0.15) is 0 Å². The second-order valence-corrected chi connectivity index (χ2v) is 6.30. The molecule has 24 heavy (non-hydrogen) atoms. The van der Waals surface area contributed by atoms with Gasteiger partial charge in [0.1, 0.15) is 11.9 Å². The van der Waals surface area contributed by atoms with E-state index in [0.717, 1.165) is 18.4 Å². The van der Waals surface area contributed by atoms with Crippen molar-refractivity contribution in [1.82, 2.24) is 9.80 Å². The quantitative estimate of drug-likeness (QED) is 0.841. The zero-order valence-corrected chi connectivity index (χ0v) is 14.3. The normalized spacial score (nSPS) is 21.0. The topological polar surface area (TPSA) is 59.1 Å². The zero-order chi connectivity index (χ0) is 17.1. The first-order valence-corrected chi connectivity index (χ1v) is 8.44. The molecule has 130 valence electrons. The van der Waals surface area contributed by atoms with Crippen LogP contribution in [0.25, 0.3) is 0 Å². The van der Waals surface area contributed by atoms with Crippen LogP contribution in [0.5, 0.6) is 5.75 Å². The first-order valence-electron chi connectivity index (χ1n) is 8.44. The number of ether oxygens (including phenoxy) is 2. The number of amides is 2. The Morgan fingerprint density at radius 1 is 1.17 bits per heavy atom. The summed E-state index contributed by atoms with van der Waals surface area (Å²) in [6.45, 7) is 4.84. The molecule has 6 nitrogen and oxygen atoms in total. The van der Waals surface area contributed by atoms with Crippen LogP contribution in [0.1, 0.15) is 28.8 Å². The highest BCUT2D eigenvalue weighted by Crippen LogP contribution is 2.21. The Kier molecular flexibility index (Phi) is 5.04. The highest BCUT2D eigenvalue weighted by molar-refractivity contribution is 5.95. The van der Waals surface area contributed by atoms with E-state index in [1.165, 1.54) is 0 Å². The minimum atomic E-state index is -0.284. The lowest BCUT2D eigenvalue weighted by Gasteiger charge is -2.35. The lowest BCUT2D eigenvalue weighted by molar-refractivity contribution is -0.142. The van der Waals surface area contributed by atoms with E-state index in [9.17, 15) is 9.59 Å². The van der Waals surface area contributed by atoms with Crippen molar-refractivity contribution in [2.75, 3.05) is 39.9 Å². The van der Waals surface area contributed by atoms with E-state index in [4.69, 9.17) is 9.47 Å². The molecule has 0 saturated carbocycles. The number of rotatable bonds is 3. The number of nitrogens with zero attached hydrogens (tertiary/aromatic N) is 2. The van der Waals surface area contributed by atoms with Crippen LogP contribution in [-0.2, 0) is 9.53 Å². The molecule has 0 radical (unpaired) electrons. The Morgan fingerprint density at radius 3 is 2.50 bits per heavy atom. The Hall–Kier alpha value is -2.08. The molecule has 2 amide bonds. The number of piperazine rings is 1. The van der Waals surface area contributed by atoms with E-state index in [-0.39, 0.29) is 17.9 Å². The van der Waals surface area contributed by atoms with Crippen molar-refractivity contribution in [2.45, 2.75) is 25.9 Å². The lowest BCUT2D eigenvalue weighted by Crippen LogP contribution is -2.52. The molecule has 6 heteroatoms. The first kappa shape index (κ1) is 16.8. The fourth-order valence-electron chi connectivity index (χ4n) is 3.24. The number of hydrogen-bond acceptors (Lipinski definition) is 4. The van der Waals surface area contributed by atoms with Gasteiger partial charge in [-0.05, 0) is 37.5 Å². The number of carbonyl (C=O) groups excluding carboxylic acids is 2. The van der Waals surface area contributed by atoms with Crippen LogP contribution in [0.15, 0.2) is 18.2 Å². The predicted molar refractivity (Wildman–Crippen MR) is 89.2 cm³/mol. The molecule has 0 aliphatic carbocycles. The van der Waals surface area contributed by atoms with Crippen molar-refractivity contribution in [3.8, 4) is 5.75 Å². The summed E-state index contributed by atoms with van der Waals surface area (Å²) >= 11 is 0. The summed E-state index contributed by atoms with van der Waals surface area (Å²) < 4.78 is 10.8. The van der Waals surface area contributed by atoms with Gasteiger partial charge in [0, 0.05) is 38.3 Å². The van der Waals surface area contributed by atoms with Gasteiger partial charge >= 0.3 is 0 Å². The van der Waals surface area contributed by atoms with E-state index in [0.29, 0.717) is 44.1 Å². The average Bonchev–Trinajstić information content (AvgIpc) is 3.16. The van der Waals surface area contributed by atoms with Crippen LogP contribution in [0, 0.1) is 6.92 Å². The molecule has 2 fully saturated rings. The third-order valence-electron chi connectivity index (χ3n) is 4.74. The Morgan fingerprint density at radius 2 is 1.88 bits per heavy atom. The number of methoxy groups -OCH3 is 1. The van der Waals surface area contributed by atoms with Gasteiger partial charge < -0.3 is 19.3 Å². The minimum absolute atomic E-state index is 0.0162. The minimum Gasteiger partial charge on any atom is -0.496 e. The molecule has 1 atom stereocenters. The number of aryl methyl sites for hydroxylation is 1. The van der Waals surface area contributed by atoms with Gasteiger partial charge in [-0.25, -0.2) is 0 Å². The SMILES string of the molecule is COc1cc(C(=O)N2CCN(C(=O)C3CCCO3)CC2)ccc1C. The number of hydrogen-bond donors (Lipinski definition) is 0. The molecule has 0 N–H and O–H groups in total. The third-order valence-corrected chi connectivity index (χ3v) is 4.74. The van der Waals surface area contributed by atoms with E-state index < -0.39 is 0 Å². The van der Waals surface area contributed by atoms with Crippen molar-refractivity contribution >= 4 is 11.8 Å². The molecule has 1 aromatic carbocycles. The smallest absolute Gasteiger partial charge is 0.254 e. The molecular formula is C18H24N2O4. The molecule has 2 saturated heterocycles. The standard InChI is InChI=1S/C18H24N2O4/c1-13-5-6-14(12-16(13)23-2)17(21)19-7-9-20(10-8-19)18(22)15-4-3-11-24-15/h5-6,12,15H,3-4,7-11H2,1-2H3. The molecule has 3 rings (SSSR count). The third kappa shape index (κ3) is 3.38. The van der Waals surface area contributed by atoms with Crippen molar-refractivity contribution < 1.29 is 19.1 Å². The summed E-state index contributed by atoms with van der Waals surface area (Å²) in [5.74, 6) is 0.766. The summed E-state index contributed by atoms with van der Waals surface area (Å²) in [5, 5.41) is 0. The molecule has 1 aromatic rings. The summed E-state index contributed by atoms with van der Waals surface area (Å²) in [5.41, 5.74) is 1.62. The maximum atomic E-state index is 12.7.